The molecular formula is C19H23FIN3O4S. The van der Waals surface area contributed by atoms with Gasteiger partial charge in [0.1, 0.15) is 11.6 Å². The number of nitrogens with zero attached hydrogens (tertiary/aromatic N) is 1. The third-order valence-corrected chi connectivity index (χ3v) is 8.16. The molecule has 0 atom stereocenters. The summed E-state index contributed by atoms with van der Waals surface area (Å²) < 4.78 is 43.9. The van der Waals surface area contributed by atoms with Gasteiger partial charge in [-0.2, -0.15) is 0 Å². The van der Waals surface area contributed by atoms with Crippen molar-refractivity contribution in [1.82, 2.24) is 4.57 Å². The number of aliphatic hydroxyl groups is 1. The van der Waals surface area contributed by atoms with E-state index in [-0.39, 0.29) is 35.8 Å². The van der Waals surface area contributed by atoms with Crippen LogP contribution in [0.15, 0.2) is 29.1 Å². The number of benzene rings is 1. The first-order chi connectivity index (χ1) is 13.6. The molecule has 0 unspecified atom stereocenters. The lowest BCUT2D eigenvalue weighted by molar-refractivity contribution is 0.283. The minimum Gasteiger partial charge on any atom is -0.396 e. The minimum atomic E-state index is -3.81. The van der Waals surface area contributed by atoms with E-state index in [0.717, 1.165) is 0 Å². The van der Waals surface area contributed by atoms with Gasteiger partial charge in [-0.15, -0.1) is 0 Å². The molecule has 0 spiro atoms. The van der Waals surface area contributed by atoms with Crippen molar-refractivity contribution in [3.63, 3.8) is 0 Å². The zero-order valence-electron chi connectivity index (χ0n) is 16.1. The van der Waals surface area contributed by atoms with Crippen LogP contribution < -0.4 is 15.6 Å². The Hall–Kier alpha value is -1.66. The molecular weight excluding hydrogens is 512 g/mol. The monoisotopic (exact) mass is 535 g/mol. The van der Waals surface area contributed by atoms with E-state index < -0.39 is 20.6 Å². The predicted molar refractivity (Wildman–Crippen MR) is 120 cm³/mol. The minimum absolute atomic E-state index is 0.126. The van der Waals surface area contributed by atoms with Crippen LogP contribution >= 0.6 is 22.6 Å². The molecule has 7 nitrogen and oxygen atoms in total. The van der Waals surface area contributed by atoms with Crippen LogP contribution in [0.25, 0.3) is 0 Å². The smallest absolute Gasteiger partial charge is 0.255 e. The number of sulfonamides is 1. The molecule has 1 saturated carbocycles. The number of rotatable bonds is 8. The van der Waals surface area contributed by atoms with Crippen LogP contribution in [0, 0.1) is 9.39 Å². The first-order valence-electron chi connectivity index (χ1n) is 9.22. The summed E-state index contributed by atoms with van der Waals surface area (Å²) >= 11 is 1.99. The third-order valence-electron chi connectivity index (χ3n) is 5.24. The molecule has 158 valence electrons. The van der Waals surface area contributed by atoms with Gasteiger partial charge in [-0.25, -0.2) is 12.8 Å². The molecule has 3 N–H and O–H groups in total. The van der Waals surface area contributed by atoms with Crippen LogP contribution in [-0.4, -0.2) is 29.4 Å². The molecule has 0 bridgehead atoms. The maximum atomic E-state index is 14.4. The van der Waals surface area contributed by atoms with E-state index in [1.807, 2.05) is 22.6 Å². The maximum absolute atomic E-state index is 14.4. The second-order valence-corrected chi connectivity index (χ2v) is 10.5. The molecule has 29 heavy (non-hydrogen) atoms. The molecule has 2 aromatic rings. The molecule has 0 amide bonds. The van der Waals surface area contributed by atoms with Gasteiger partial charge in [0.2, 0.25) is 10.0 Å². The molecule has 1 aliphatic carbocycles. The second kappa shape index (κ2) is 8.23. The van der Waals surface area contributed by atoms with Crippen molar-refractivity contribution < 1.29 is 17.9 Å². The Balaban J connectivity index is 2.08. The molecule has 1 aromatic heterocycles. The van der Waals surface area contributed by atoms with Crippen LogP contribution in [0.1, 0.15) is 31.7 Å². The van der Waals surface area contributed by atoms with Crippen molar-refractivity contribution in [2.24, 2.45) is 7.05 Å². The summed E-state index contributed by atoms with van der Waals surface area (Å²) in [7, 11) is -2.30. The van der Waals surface area contributed by atoms with Crippen molar-refractivity contribution in [3.8, 4) is 0 Å². The molecule has 1 heterocycles. The Labute approximate surface area is 182 Å². The highest BCUT2D eigenvalue weighted by atomic mass is 127. The van der Waals surface area contributed by atoms with Gasteiger partial charge in [0.05, 0.1) is 16.1 Å². The summed E-state index contributed by atoms with van der Waals surface area (Å²) in [5.41, 5.74) is 0.443. The predicted octanol–water partition coefficient (Wildman–Crippen LogP) is 3.09. The van der Waals surface area contributed by atoms with Gasteiger partial charge >= 0.3 is 0 Å². The average Bonchev–Trinajstić information content (AvgIpc) is 3.44. The van der Waals surface area contributed by atoms with E-state index in [9.17, 15) is 22.7 Å². The van der Waals surface area contributed by atoms with Gasteiger partial charge in [-0.3, -0.25) is 14.1 Å². The van der Waals surface area contributed by atoms with Gasteiger partial charge in [-0.05, 0) is 72.5 Å². The molecule has 0 saturated heterocycles. The van der Waals surface area contributed by atoms with Crippen LogP contribution in [0.3, 0.4) is 0 Å². The molecule has 10 heteroatoms. The van der Waals surface area contributed by atoms with Gasteiger partial charge in [0.25, 0.3) is 5.56 Å². The van der Waals surface area contributed by atoms with Crippen LogP contribution in [0.2, 0.25) is 0 Å². The van der Waals surface area contributed by atoms with E-state index in [1.54, 1.807) is 13.0 Å². The first-order valence-corrected chi connectivity index (χ1v) is 11.8. The van der Waals surface area contributed by atoms with Crippen LogP contribution in [0.5, 0.6) is 0 Å². The number of aromatic nitrogens is 1. The standard InChI is InChI=1S/C19H23FIN3O4S/c1-3-12-10-16(23-29(27,28)19(6-7-19)8-9-25)17(24(2)18(12)26)22-15-5-4-13(21)11-14(15)20/h4-5,10-11,22-23,25H,3,6-9H2,1-2H3. The summed E-state index contributed by atoms with van der Waals surface area (Å²) in [6.07, 6.45) is 1.48. The lowest BCUT2D eigenvalue weighted by Crippen LogP contribution is -2.32. The van der Waals surface area contributed by atoms with Gasteiger partial charge in [0.15, 0.2) is 0 Å². The highest BCUT2D eigenvalue weighted by Crippen LogP contribution is 2.47. The highest BCUT2D eigenvalue weighted by molar-refractivity contribution is 14.1. The van der Waals surface area contributed by atoms with E-state index >= 15 is 0 Å². The van der Waals surface area contributed by atoms with Gasteiger partial charge < -0.3 is 10.4 Å². The molecule has 1 aliphatic rings. The SMILES string of the molecule is CCc1cc(NS(=O)(=O)C2(CCO)CC2)c(Nc2ccc(I)cc2F)n(C)c1=O. The Bertz CT molecular complexity index is 1100. The van der Waals surface area contributed by atoms with Crippen molar-refractivity contribution in [2.75, 3.05) is 16.6 Å². The molecule has 1 fully saturated rings. The Morgan fingerprint density at radius 2 is 1.97 bits per heavy atom. The van der Waals surface area contributed by atoms with E-state index in [2.05, 4.69) is 10.0 Å². The van der Waals surface area contributed by atoms with Gasteiger partial charge in [-0.1, -0.05) is 6.92 Å². The fourth-order valence-electron chi connectivity index (χ4n) is 3.25. The normalized spacial score (nSPS) is 15.2. The quantitative estimate of drug-likeness (QED) is 0.452. The second-order valence-electron chi connectivity index (χ2n) is 7.16. The number of nitrogens with one attached hydrogen (secondary N) is 2. The Morgan fingerprint density at radius 1 is 1.28 bits per heavy atom. The summed E-state index contributed by atoms with van der Waals surface area (Å²) in [4.78, 5) is 12.6. The third kappa shape index (κ3) is 4.29. The zero-order chi connectivity index (χ0) is 21.4. The van der Waals surface area contributed by atoms with E-state index in [4.69, 9.17) is 0 Å². The Morgan fingerprint density at radius 3 is 2.52 bits per heavy atom. The number of aliphatic hydroxyl groups excluding tert-OH is 1. The number of hydrogen-bond donors (Lipinski definition) is 3. The van der Waals surface area contributed by atoms with Gasteiger partial charge in [0, 0.05) is 22.8 Å². The number of anilines is 3. The summed E-state index contributed by atoms with van der Waals surface area (Å²) in [5, 5.41) is 12.1. The number of hydrogen-bond acceptors (Lipinski definition) is 5. The van der Waals surface area contributed by atoms with Crippen LogP contribution in [-0.2, 0) is 23.5 Å². The molecule has 1 aromatic carbocycles. The summed E-state index contributed by atoms with van der Waals surface area (Å²) in [5.74, 6) is -0.368. The van der Waals surface area contributed by atoms with E-state index in [0.29, 0.717) is 28.4 Å². The van der Waals surface area contributed by atoms with Crippen LogP contribution in [0.4, 0.5) is 21.6 Å². The molecule has 0 radical (unpaired) electrons. The zero-order valence-corrected chi connectivity index (χ0v) is 19.1. The molecule has 0 aliphatic heterocycles. The fraction of sp³-hybridized carbons (Fsp3) is 0.421. The summed E-state index contributed by atoms with van der Waals surface area (Å²) in [6, 6.07) is 6.06. The fourth-order valence-corrected chi connectivity index (χ4v) is 5.37. The number of halogens is 2. The topological polar surface area (TPSA) is 100 Å². The highest BCUT2D eigenvalue weighted by Gasteiger charge is 2.54. The van der Waals surface area contributed by atoms with E-state index in [1.165, 1.54) is 29.8 Å². The maximum Gasteiger partial charge on any atom is 0.255 e. The first kappa shape index (κ1) is 22.0. The lowest BCUT2D eigenvalue weighted by atomic mass is 10.2. The van der Waals surface area contributed by atoms with Crippen molar-refractivity contribution in [1.29, 1.82) is 0 Å². The lowest BCUT2D eigenvalue weighted by Gasteiger charge is -2.22. The van der Waals surface area contributed by atoms with Crippen molar-refractivity contribution in [2.45, 2.75) is 37.4 Å². The number of aryl methyl sites for hydroxylation is 1. The summed E-state index contributed by atoms with van der Waals surface area (Å²) in [6.45, 7) is 1.57. The largest absolute Gasteiger partial charge is 0.396 e. The van der Waals surface area contributed by atoms with Crippen molar-refractivity contribution >= 4 is 49.8 Å². The average molecular weight is 535 g/mol. The number of pyridine rings is 1. The van der Waals surface area contributed by atoms with Crippen molar-refractivity contribution in [3.05, 3.63) is 49.6 Å². The molecule has 3 rings (SSSR count). The Kier molecular flexibility index (Phi) is 6.25.